The molecule has 5 nitrogen and oxygen atoms in total. The maximum Gasteiger partial charge on any atom is 0.224 e. The quantitative estimate of drug-likeness (QED) is 0.628. The predicted octanol–water partition coefficient (Wildman–Crippen LogP) is 5.17. The molecule has 0 atom stereocenters. The van der Waals surface area contributed by atoms with Crippen molar-refractivity contribution < 1.29 is 9.47 Å². The summed E-state index contributed by atoms with van der Waals surface area (Å²) < 4.78 is 11.4. The zero-order valence-corrected chi connectivity index (χ0v) is 16.9. The Labute approximate surface area is 157 Å². The van der Waals surface area contributed by atoms with Crippen molar-refractivity contribution in [3.05, 3.63) is 40.2 Å². The first-order chi connectivity index (χ1) is 12.5. The van der Waals surface area contributed by atoms with Crippen molar-refractivity contribution in [1.29, 1.82) is 0 Å². The number of nitrogens with one attached hydrogen (secondary N) is 1. The van der Waals surface area contributed by atoms with Crippen LogP contribution >= 0.6 is 0 Å². The molecule has 5 heteroatoms. The van der Waals surface area contributed by atoms with Crippen LogP contribution in [0.5, 0.6) is 5.88 Å². The van der Waals surface area contributed by atoms with Gasteiger partial charge in [-0.25, -0.2) is 4.98 Å². The molecule has 142 valence electrons. The van der Waals surface area contributed by atoms with Crippen LogP contribution in [0.4, 0.5) is 11.5 Å². The van der Waals surface area contributed by atoms with E-state index in [1.165, 1.54) is 16.7 Å². The van der Waals surface area contributed by atoms with E-state index in [1.54, 1.807) is 7.11 Å². The maximum absolute atomic E-state index is 5.96. The molecule has 26 heavy (non-hydrogen) atoms. The molecule has 0 radical (unpaired) electrons. The number of methoxy groups -OCH3 is 1. The number of ether oxygens (including phenoxy) is 2. The van der Waals surface area contributed by atoms with Crippen molar-refractivity contribution in [2.45, 2.75) is 60.5 Å². The fraction of sp³-hybridized carbons (Fsp3) is 0.524. The molecule has 0 aliphatic rings. The first kappa shape index (κ1) is 20.2. The molecule has 0 aliphatic carbocycles. The fourth-order valence-corrected chi connectivity index (χ4v) is 3.08. The van der Waals surface area contributed by atoms with Crippen LogP contribution in [0.1, 0.15) is 54.3 Å². The van der Waals surface area contributed by atoms with Crippen LogP contribution in [0.2, 0.25) is 0 Å². The van der Waals surface area contributed by atoms with Crippen LogP contribution in [-0.2, 0) is 11.3 Å². The standard InChI is InChI=1S/C21H31N3O2/c1-7-8-9-10-26-21-18(13-25-6)20(22-17(5)23-21)24-19-15(3)11-14(2)12-16(19)4/h11-12H,7-10,13H2,1-6H3,(H,22,23,24). The van der Waals surface area contributed by atoms with Crippen molar-refractivity contribution in [1.82, 2.24) is 9.97 Å². The number of rotatable bonds is 9. The van der Waals surface area contributed by atoms with Gasteiger partial charge in [-0.1, -0.05) is 37.5 Å². The maximum atomic E-state index is 5.96. The third-order valence-electron chi connectivity index (χ3n) is 4.28. The summed E-state index contributed by atoms with van der Waals surface area (Å²) in [5.74, 6) is 2.04. The SMILES string of the molecule is CCCCCOc1nc(C)nc(Nc2c(C)cc(C)cc2C)c1COC. The number of hydrogen-bond donors (Lipinski definition) is 1. The molecule has 1 aromatic heterocycles. The van der Waals surface area contributed by atoms with Gasteiger partial charge in [-0.3, -0.25) is 0 Å². The molecule has 1 aromatic carbocycles. The summed E-state index contributed by atoms with van der Waals surface area (Å²) in [6.45, 7) is 11.4. The van der Waals surface area contributed by atoms with E-state index < -0.39 is 0 Å². The van der Waals surface area contributed by atoms with Gasteiger partial charge in [-0.15, -0.1) is 0 Å². The van der Waals surface area contributed by atoms with Gasteiger partial charge >= 0.3 is 0 Å². The van der Waals surface area contributed by atoms with Crippen LogP contribution in [0.15, 0.2) is 12.1 Å². The molecule has 0 aliphatic heterocycles. The molecule has 1 N–H and O–H groups in total. The molecule has 2 rings (SSSR count). The average Bonchev–Trinajstić information content (AvgIpc) is 2.57. The van der Waals surface area contributed by atoms with Gasteiger partial charge in [0.15, 0.2) is 0 Å². The van der Waals surface area contributed by atoms with Gasteiger partial charge in [0, 0.05) is 12.8 Å². The normalized spacial score (nSPS) is 10.8. The van der Waals surface area contributed by atoms with E-state index in [0.29, 0.717) is 24.9 Å². The van der Waals surface area contributed by atoms with Crippen molar-refractivity contribution in [2.75, 3.05) is 19.0 Å². The van der Waals surface area contributed by atoms with Crippen molar-refractivity contribution >= 4 is 11.5 Å². The number of aryl methyl sites for hydroxylation is 4. The van der Waals surface area contributed by atoms with Crippen LogP contribution < -0.4 is 10.1 Å². The van der Waals surface area contributed by atoms with Crippen LogP contribution in [0.25, 0.3) is 0 Å². The average molecular weight is 357 g/mol. The highest BCUT2D eigenvalue weighted by atomic mass is 16.5. The third-order valence-corrected chi connectivity index (χ3v) is 4.28. The fourth-order valence-electron chi connectivity index (χ4n) is 3.08. The molecule has 0 spiro atoms. The summed E-state index contributed by atoms with van der Waals surface area (Å²) in [5, 5.41) is 3.49. The van der Waals surface area contributed by atoms with Gasteiger partial charge < -0.3 is 14.8 Å². The van der Waals surface area contributed by atoms with Crippen LogP contribution in [0.3, 0.4) is 0 Å². The number of hydrogen-bond acceptors (Lipinski definition) is 5. The van der Waals surface area contributed by atoms with E-state index in [-0.39, 0.29) is 0 Å². The van der Waals surface area contributed by atoms with Crippen LogP contribution in [0, 0.1) is 27.7 Å². The van der Waals surface area contributed by atoms with E-state index in [1.807, 2.05) is 6.92 Å². The van der Waals surface area contributed by atoms with Crippen LogP contribution in [-0.4, -0.2) is 23.7 Å². The molecule has 2 aromatic rings. The molecule has 0 saturated heterocycles. The summed E-state index contributed by atoms with van der Waals surface area (Å²) in [4.78, 5) is 9.11. The number of unbranched alkanes of at least 4 members (excludes halogenated alkanes) is 2. The Bertz CT molecular complexity index is 721. The smallest absolute Gasteiger partial charge is 0.224 e. The predicted molar refractivity (Wildman–Crippen MR) is 106 cm³/mol. The second-order valence-electron chi connectivity index (χ2n) is 6.79. The van der Waals surface area contributed by atoms with Crippen molar-refractivity contribution in [3.63, 3.8) is 0 Å². The molecular weight excluding hydrogens is 326 g/mol. The summed E-state index contributed by atoms with van der Waals surface area (Å²) in [6, 6.07) is 4.34. The Hall–Kier alpha value is -2.14. The van der Waals surface area contributed by atoms with Crippen molar-refractivity contribution in [3.8, 4) is 5.88 Å². The number of nitrogens with zero attached hydrogens (tertiary/aromatic N) is 2. The van der Waals surface area contributed by atoms with Gasteiger partial charge in [-0.05, 0) is 45.2 Å². The lowest BCUT2D eigenvalue weighted by molar-refractivity contribution is 0.178. The zero-order valence-electron chi connectivity index (χ0n) is 16.9. The monoisotopic (exact) mass is 357 g/mol. The van der Waals surface area contributed by atoms with E-state index in [9.17, 15) is 0 Å². The molecule has 1 heterocycles. The Morgan fingerprint density at radius 3 is 2.31 bits per heavy atom. The van der Waals surface area contributed by atoms with E-state index in [0.717, 1.165) is 36.3 Å². The zero-order chi connectivity index (χ0) is 19.1. The van der Waals surface area contributed by atoms with Crippen molar-refractivity contribution in [2.24, 2.45) is 0 Å². The highest BCUT2D eigenvalue weighted by Crippen LogP contribution is 2.30. The lowest BCUT2D eigenvalue weighted by Crippen LogP contribution is -2.10. The topological polar surface area (TPSA) is 56.3 Å². The number of benzene rings is 1. The summed E-state index contributed by atoms with van der Waals surface area (Å²) in [7, 11) is 1.67. The molecule has 0 fully saturated rings. The second-order valence-corrected chi connectivity index (χ2v) is 6.79. The third kappa shape index (κ3) is 5.18. The number of aromatic nitrogens is 2. The van der Waals surface area contributed by atoms with Gasteiger partial charge in [-0.2, -0.15) is 4.98 Å². The van der Waals surface area contributed by atoms with E-state index in [2.05, 4.69) is 55.1 Å². The Balaban J connectivity index is 2.36. The highest BCUT2D eigenvalue weighted by molar-refractivity contribution is 5.68. The summed E-state index contributed by atoms with van der Waals surface area (Å²) in [6.07, 6.45) is 3.33. The molecule has 0 amide bonds. The molecule has 0 saturated carbocycles. The Morgan fingerprint density at radius 1 is 1.00 bits per heavy atom. The minimum Gasteiger partial charge on any atom is -0.477 e. The summed E-state index contributed by atoms with van der Waals surface area (Å²) in [5.41, 5.74) is 5.55. The van der Waals surface area contributed by atoms with Gasteiger partial charge in [0.2, 0.25) is 5.88 Å². The van der Waals surface area contributed by atoms with E-state index in [4.69, 9.17) is 9.47 Å². The Kier molecular flexibility index (Phi) is 7.39. The minimum atomic E-state index is 0.398. The largest absolute Gasteiger partial charge is 0.477 e. The lowest BCUT2D eigenvalue weighted by Gasteiger charge is -2.18. The molecule has 0 bridgehead atoms. The first-order valence-electron chi connectivity index (χ1n) is 9.30. The van der Waals surface area contributed by atoms with Gasteiger partial charge in [0.1, 0.15) is 11.6 Å². The Morgan fingerprint density at radius 2 is 1.69 bits per heavy atom. The van der Waals surface area contributed by atoms with Gasteiger partial charge in [0.25, 0.3) is 0 Å². The lowest BCUT2D eigenvalue weighted by atomic mass is 10.0. The van der Waals surface area contributed by atoms with Gasteiger partial charge in [0.05, 0.1) is 18.8 Å². The minimum absolute atomic E-state index is 0.398. The number of anilines is 2. The van der Waals surface area contributed by atoms with E-state index >= 15 is 0 Å². The molecular formula is C21H31N3O2. The molecule has 0 unspecified atom stereocenters. The highest BCUT2D eigenvalue weighted by Gasteiger charge is 2.16. The summed E-state index contributed by atoms with van der Waals surface area (Å²) >= 11 is 0. The first-order valence-corrected chi connectivity index (χ1v) is 9.30. The second kappa shape index (κ2) is 9.53.